The number of Topliss-reactive ketones (excluding diaryl/α,β-unsaturated/α-hetero) is 1. The molecule has 0 aliphatic carbocycles. The summed E-state index contributed by atoms with van der Waals surface area (Å²) in [6.45, 7) is 4.15. The number of amides is 1. The Kier molecular flexibility index (Phi) is 7.48. The zero-order valence-electron chi connectivity index (χ0n) is 19.7. The number of nitrogens with zero attached hydrogens (tertiary/aromatic N) is 1. The van der Waals surface area contributed by atoms with Crippen LogP contribution in [0.5, 0.6) is 23.0 Å². The van der Waals surface area contributed by atoms with Gasteiger partial charge in [-0.15, -0.1) is 0 Å². The smallest absolute Gasteiger partial charge is 0.414 e. The van der Waals surface area contributed by atoms with Crippen LogP contribution in [0.4, 0.5) is 4.79 Å². The molecular formula is C25H29NO7. The van der Waals surface area contributed by atoms with Crippen molar-refractivity contribution >= 4 is 18.0 Å². The monoisotopic (exact) mass is 455 g/mol. The molecule has 2 aromatic rings. The lowest BCUT2D eigenvalue weighted by Crippen LogP contribution is -2.39. The molecule has 33 heavy (non-hydrogen) atoms. The first-order valence-corrected chi connectivity index (χ1v) is 10.5. The Hall–Kier alpha value is -3.68. The highest BCUT2D eigenvalue weighted by Crippen LogP contribution is 2.32. The number of allylic oxidation sites excluding steroid dienone is 1. The van der Waals surface area contributed by atoms with Crippen LogP contribution in [0.1, 0.15) is 29.8 Å². The fraction of sp³-hybridized carbons (Fsp3) is 0.360. The largest absolute Gasteiger partial charge is 0.497 e. The minimum atomic E-state index is -0.571. The molecule has 0 aromatic heterocycles. The molecule has 0 unspecified atom stereocenters. The van der Waals surface area contributed by atoms with Crippen LogP contribution in [0.2, 0.25) is 0 Å². The number of hydrogen-bond acceptors (Lipinski definition) is 7. The molecule has 8 nitrogen and oxygen atoms in total. The lowest BCUT2D eigenvalue weighted by atomic mass is 9.99. The van der Waals surface area contributed by atoms with Gasteiger partial charge in [-0.05, 0) is 41.8 Å². The molecule has 0 radical (unpaired) electrons. The number of benzene rings is 2. The number of methoxy groups -OCH3 is 4. The SMILES string of the molecule is COc1cc(/C=C(/C(=O)c2cc(OC)cc(OC)c2)N2C(=O)OC[C@@H]2C(C)C)cc(OC)c1. The van der Waals surface area contributed by atoms with Gasteiger partial charge in [0.15, 0.2) is 0 Å². The summed E-state index contributed by atoms with van der Waals surface area (Å²) in [5, 5.41) is 0. The number of rotatable bonds is 9. The quantitative estimate of drug-likeness (QED) is 0.409. The predicted molar refractivity (Wildman–Crippen MR) is 123 cm³/mol. The van der Waals surface area contributed by atoms with Crippen molar-refractivity contribution in [3.05, 3.63) is 53.2 Å². The number of hydrogen-bond donors (Lipinski definition) is 0. The number of ketones is 1. The molecule has 1 heterocycles. The van der Waals surface area contributed by atoms with Crippen molar-refractivity contribution in [2.75, 3.05) is 35.0 Å². The van der Waals surface area contributed by atoms with E-state index in [4.69, 9.17) is 23.7 Å². The summed E-state index contributed by atoms with van der Waals surface area (Å²) >= 11 is 0. The van der Waals surface area contributed by atoms with Crippen LogP contribution in [-0.2, 0) is 4.74 Å². The first-order valence-electron chi connectivity index (χ1n) is 10.5. The third-order valence-electron chi connectivity index (χ3n) is 5.46. The summed E-state index contributed by atoms with van der Waals surface area (Å²) in [5.74, 6) is 1.72. The van der Waals surface area contributed by atoms with E-state index in [2.05, 4.69) is 0 Å². The summed E-state index contributed by atoms with van der Waals surface area (Å²) in [6, 6.07) is 9.84. The van der Waals surface area contributed by atoms with Crippen molar-refractivity contribution in [1.29, 1.82) is 0 Å². The molecule has 1 saturated heterocycles. The van der Waals surface area contributed by atoms with Crippen LogP contribution in [0.3, 0.4) is 0 Å². The Labute approximate surface area is 193 Å². The van der Waals surface area contributed by atoms with Crippen LogP contribution in [-0.4, -0.2) is 57.9 Å². The first-order chi connectivity index (χ1) is 15.8. The fourth-order valence-corrected chi connectivity index (χ4v) is 3.61. The van der Waals surface area contributed by atoms with E-state index in [1.165, 1.54) is 19.1 Å². The van der Waals surface area contributed by atoms with E-state index in [1.54, 1.807) is 56.7 Å². The van der Waals surface area contributed by atoms with Gasteiger partial charge in [0.05, 0.1) is 40.2 Å². The van der Waals surface area contributed by atoms with Crippen LogP contribution >= 0.6 is 0 Å². The van der Waals surface area contributed by atoms with Crippen LogP contribution in [0.25, 0.3) is 6.08 Å². The van der Waals surface area contributed by atoms with Crippen molar-refractivity contribution in [1.82, 2.24) is 4.90 Å². The Balaban J connectivity index is 2.19. The molecule has 1 amide bonds. The standard InChI is InChI=1S/C25H29NO7/c1-15(2)23-14-33-25(28)26(23)22(9-16-7-18(29-3)12-19(8-16)30-4)24(27)17-10-20(31-5)13-21(11-17)32-6/h7-13,15,23H,14H2,1-6H3/b22-9-/t23-/m1/s1. The van der Waals surface area contributed by atoms with E-state index in [0.717, 1.165) is 0 Å². The number of cyclic esters (lactones) is 1. The second-order valence-corrected chi connectivity index (χ2v) is 7.86. The molecule has 0 bridgehead atoms. The van der Waals surface area contributed by atoms with Gasteiger partial charge in [-0.1, -0.05) is 13.8 Å². The Morgan fingerprint density at radius 1 is 0.909 bits per heavy atom. The maximum atomic E-state index is 13.8. The lowest BCUT2D eigenvalue weighted by molar-refractivity contribution is 0.0985. The molecule has 0 saturated carbocycles. The maximum Gasteiger partial charge on any atom is 0.414 e. The van der Waals surface area contributed by atoms with Gasteiger partial charge in [0.25, 0.3) is 0 Å². The zero-order valence-corrected chi connectivity index (χ0v) is 19.7. The summed E-state index contributed by atoms with van der Waals surface area (Å²) in [4.78, 5) is 28.0. The van der Waals surface area contributed by atoms with Crippen molar-refractivity contribution < 1.29 is 33.3 Å². The summed E-state index contributed by atoms with van der Waals surface area (Å²) < 4.78 is 26.7. The average molecular weight is 456 g/mol. The van der Waals surface area contributed by atoms with Gasteiger partial charge < -0.3 is 23.7 Å². The second-order valence-electron chi connectivity index (χ2n) is 7.86. The number of carbonyl (C=O) groups excluding carboxylic acids is 2. The Morgan fingerprint density at radius 2 is 1.39 bits per heavy atom. The molecular weight excluding hydrogens is 426 g/mol. The molecule has 1 aliphatic rings. The molecule has 8 heteroatoms. The van der Waals surface area contributed by atoms with E-state index in [0.29, 0.717) is 34.1 Å². The molecule has 3 rings (SSSR count). The minimum absolute atomic E-state index is 0.0624. The molecule has 0 N–H and O–H groups in total. The lowest BCUT2D eigenvalue weighted by Gasteiger charge is -2.26. The highest BCUT2D eigenvalue weighted by Gasteiger charge is 2.40. The van der Waals surface area contributed by atoms with Gasteiger partial charge >= 0.3 is 6.09 Å². The van der Waals surface area contributed by atoms with Crippen molar-refractivity contribution in [3.8, 4) is 23.0 Å². The second kappa shape index (κ2) is 10.3. The molecule has 0 spiro atoms. The third kappa shape index (κ3) is 5.22. The zero-order chi connectivity index (χ0) is 24.1. The van der Waals surface area contributed by atoms with E-state index in [1.807, 2.05) is 13.8 Å². The molecule has 176 valence electrons. The molecule has 1 fully saturated rings. The maximum absolute atomic E-state index is 13.8. The van der Waals surface area contributed by atoms with Crippen LogP contribution < -0.4 is 18.9 Å². The molecule has 1 atom stereocenters. The highest BCUT2D eigenvalue weighted by atomic mass is 16.6. The third-order valence-corrected chi connectivity index (χ3v) is 5.46. The van der Waals surface area contributed by atoms with E-state index >= 15 is 0 Å². The van der Waals surface area contributed by atoms with Gasteiger partial charge in [-0.25, -0.2) is 4.79 Å². The van der Waals surface area contributed by atoms with E-state index < -0.39 is 6.09 Å². The van der Waals surface area contributed by atoms with Crippen molar-refractivity contribution in [3.63, 3.8) is 0 Å². The molecule has 1 aliphatic heterocycles. The predicted octanol–water partition coefficient (Wildman–Crippen LogP) is 4.42. The average Bonchev–Trinajstić information content (AvgIpc) is 3.22. The van der Waals surface area contributed by atoms with Gasteiger partial charge in [0.1, 0.15) is 29.6 Å². The van der Waals surface area contributed by atoms with Crippen LogP contribution in [0, 0.1) is 5.92 Å². The topological polar surface area (TPSA) is 83.5 Å². The van der Waals surface area contributed by atoms with E-state index in [9.17, 15) is 9.59 Å². The fourth-order valence-electron chi connectivity index (χ4n) is 3.61. The summed E-state index contributed by atoms with van der Waals surface area (Å²) in [6.07, 6.45) is 1.07. The minimum Gasteiger partial charge on any atom is -0.497 e. The van der Waals surface area contributed by atoms with Crippen molar-refractivity contribution in [2.45, 2.75) is 19.9 Å². The highest BCUT2D eigenvalue weighted by molar-refractivity contribution is 6.13. The van der Waals surface area contributed by atoms with Crippen molar-refractivity contribution in [2.24, 2.45) is 5.92 Å². The number of ether oxygens (including phenoxy) is 5. The molecule has 2 aromatic carbocycles. The summed E-state index contributed by atoms with van der Waals surface area (Å²) in [5.41, 5.74) is 1.11. The number of carbonyl (C=O) groups is 2. The van der Waals surface area contributed by atoms with Gasteiger partial charge in [-0.2, -0.15) is 0 Å². The Bertz CT molecular complexity index is 1020. The van der Waals surface area contributed by atoms with Gasteiger partial charge in [0.2, 0.25) is 5.78 Å². The first kappa shape index (κ1) is 24.0. The van der Waals surface area contributed by atoms with Gasteiger partial charge in [0, 0.05) is 17.7 Å². The Morgan fingerprint density at radius 3 is 1.85 bits per heavy atom. The summed E-state index contributed by atoms with van der Waals surface area (Å²) in [7, 11) is 6.11. The van der Waals surface area contributed by atoms with Crippen LogP contribution in [0.15, 0.2) is 42.1 Å². The van der Waals surface area contributed by atoms with E-state index in [-0.39, 0.29) is 30.0 Å². The van der Waals surface area contributed by atoms with Gasteiger partial charge in [-0.3, -0.25) is 9.69 Å². The normalized spacial score (nSPS) is 16.0.